The summed E-state index contributed by atoms with van der Waals surface area (Å²) in [6.45, 7) is 0.313. The second-order valence-corrected chi connectivity index (χ2v) is 9.38. The van der Waals surface area contributed by atoms with Gasteiger partial charge in [0, 0.05) is 23.1 Å². The van der Waals surface area contributed by atoms with Gasteiger partial charge in [0.15, 0.2) is 5.82 Å². The summed E-state index contributed by atoms with van der Waals surface area (Å²) in [5.41, 5.74) is 1.95. The number of hydrogen-bond acceptors (Lipinski definition) is 7. The topological polar surface area (TPSA) is 117 Å². The molecular weight excluding hydrogens is 581 g/mol. The summed E-state index contributed by atoms with van der Waals surface area (Å²) >= 11 is 3.45. The number of aliphatic hydroxyl groups excluding tert-OH is 1. The molecule has 1 aliphatic rings. The van der Waals surface area contributed by atoms with Gasteiger partial charge in [-0.05, 0) is 36.8 Å². The van der Waals surface area contributed by atoms with Gasteiger partial charge in [0.05, 0.1) is 16.8 Å². The van der Waals surface area contributed by atoms with Gasteiger partial charge in [-0.15, -0.1) is 11.3 Å². The van der Waals surface area contributed by atoms with Crippen LogP contribution in [-0.4, -0.2) is 40.2 Å². The number of ether oxygens (including phenoxy) is 1. The molecule has 0 spiro atoms. The zero-order chi connectivity index (χ0) is 24.4. The van der Waals surface area contributed by atoms with Crippen molar-refractivity contribution in [2.75, 3.05) is 23.4 Å². The van der Waals surface area contributed by atoms with Gasteiger partial charge in [-0.2, -0.15) is 0 Å². The highest BCUT2D eigenvalue weighted by Crippen LogP contribution is 2.45. The molecule has 9 nitrogen and oxygen atoms in total. The Morgan fingerprint density at radius 2 is 2.03 bits per heavy atom. The Morgan fingerprint density at radius 1 is 1.20 bits per heavy atom. The Kier molecular flexibility index (Phi) is 6.79. The van der Waals surface area contributed by atoms with Gasteiger partial charge in [-0.3, -0.25) is 4.79 Å². The largest absolute Gasteiger partial charge is 0.457 e. The van der Waals surface area contributed by atoms with Gasteiger partial charge in [0.1, 0.15) is 27.5 Å². The third-order valence-corrected chi connectivity index (χ3v) is 7.28. The number of benzene rings is 2. The molecule has 0 radical (unpaired) electrons. The molecule has 0 atom stereocenters. The van der Waals surface area contributed by atoms with Crippen LogP contribution in [0.5, 0.6) is 11.5 Å². The van der Waals surface area contributed by atoms with Gasteiger partial charge in [0.2, 0.25) is 0 Å². The normalized spacial score (nSPS) is 12.5. The molecule has 35 heavy (non-hydrogen) atoms. The van der Waals surface area contributed by atoms with Gasteiger partial charge in [-0.25, -0.2) is 19.7 Å². The van der Waals surface area contributed by atoms with Crippen molar-refractivity contribution in [1.29, 1.82) is 0 Å². The van der Waals surface area contributed by atoms with E-state index in [1.165, 1.54) is 22.6 Å². The number of nitrogens with zero attached hydrogens (tertiary/aromatic N) is 3. The molecule has 5 rings (SSSR count). The molecule has 0 unspecified atom stereocenters. The number of nitrogens with one attached hydrogen (secondary N) is 2. The van der Waals surface area contributed by atoms with Crippen LogP contribution >= 0.6 is 33.9 Å². The first-order chi connectivity index (χ1) is 17.1. The Morgan fingerprint density at radius 3 is 2.80 bits per heavy atom. The third-order valence-electron chi connectivity index (χ3n) is 5.36. The van der Waals surface area contributed by atoms with Crippen molar-refractivity contribution in [2.45, 2.75) is 10.8 Å². The molecule has 0 saturated heterocycles. The van der Waals surface area contributed by atoms with E-state index in [2.05, 4.69) is 43.2 Å². The summed E-state index contributed by atoms with van der Waals surface area (Å²) in [6, 6.07) is 14.6. The zero-order valence-corrected chi connectivity index (χ0v) is 21.3. The number of carbonyl (C=O) groups excluding carboxylic acids is 2. The molecule has 3 amide bonds. The predicted octanol–water partition coefficient (Wildman–Crippen LogP) is 5.21. The summed E-state index contributed by atoms with van der Waals surface area (Å²) in [5.74, 6) is 1.52. The van der Waals surface area contributed by atoms with Gasteiger partial charge < -0.3 is 20.5 Å². The molecule has 0 bridgehead atoms. The number of aliphatic hydroxyl groups is 1. The average Bonchev–Trinajstić information content (AvgIpc) is 3.25. The quantitative estimate of drug-likeness (QED) is 0.145. The molecule has 2 aromatic carbocycles. The Balaban J connectivity index is 1.52. The molecule has 11 heteroatoms. The molecule has 0 fully saturated rings. The second-order valence-electron chi connectivity index (χ2n) is 7.62. The fraction of sp³-hybridized carbons (Fsp3) is 0.167. The monoisotopic (exact) mass is 601 g/mol. The summed E-state index contributed by atoms with van der Waals surface area (Å²) in [5, 5.41) is 15.2. The SMILES string of the molecule is O=C(NCCCO)c1sc2ncnc3c2c1NC(=O)N3c1ccc(Oc2ccccc2)c(CI)c1. The summed E-state index contributed by atoms with van der Waals surface area (Å²) in [6.07, 6.45) is 1.84. The van der Waals surface area contributed by atoms with Crippen LogP contribution in [0.2, 0.25) is 0 Å². The highest BCUT2D eigenvalue weighted by molar-refractivity contribution is 14.1. The summed E-state index contributed by atoms with van der Waals surface area (Å²) in [7, 11) is 0. The highest BCUT2D eigenvalue weighted by atomic mass is 127. The van der Waals surface area contributed by atoms with E-state index in [9.17, 15) is 9.59 Å². The Hall–Kier alpha value is -3.29. The van der Waals surface area contributed by atoms with E-state index in [1.54, 1.807) is 0 Å². The minimum Gasteiger partial charge on any atom is -0.457 e. The number of halogens is 1. The maximum atomic E-state index is 13.3. The van der Waals surface area contributed by atoms with E-state index in [0.717, 1.165) is 11.3 Å². The number of amides is 3. The number of aromatic nitrogens is 2. The van der Waals surface area contributed by atoms with Gasteiger partial charge >= 0.3 is 6.03 Å². The number of anilines is 3. The fourth-order valence-electron chi connectivity index (χ4n) is 3.75. The van der Waals surface area contributed by atoms with Gasteiger partial charge in [0.25, 0.3) is 5.91 Å². The smallest absolute Gasteiger partial charge is 0.332 e. The number of alkyl halides is 1. The number of thiophene rings is 1. The average molecular weight is 601 g/mol. The minimum atomic E-state index is -0.420. The standard InChI is InChI=1S/C24H20IN5O4S/c25-12-14-11-15(7-8-17(14)34-16-5-2-1-3-6-16)30-21-18-19(29-24(30)33)20(22(32)26-9-4-10-31)35-23(18)28-13-27-21/h1-3,5-8,11,13,31H,4,9-10,12H2,(H,26,32)(H,29,33). The van der Waals surface area contributed by atoms with Crippen molar-refractivity contribution in [3.8, 4) is 11.5 Å². The second kappa shape index (κ2) is 10.1. The lowest BCUT2D eigenvalue weighted by Crippen LogP contribution is -2.35. The Labute approximate surface area is 218 Å². The molecule has 4 aromatic rings. The lowest BCUT2D eigenvalue weighted by molar-refractivity contribution is 0.0956. The zero-order valence-electron chi connectivity index (χ0n) is 18.3. The van der Waals surface area contributed by atoms with Crippen LogP contribution < -0.4 is 20.3 Å². The van der Waals surface area contributed by atoms with Crippen molar-refractivity contribution < 1.29 is 19.4 Å². The van der Waals surface area contributed by atoms with Crippen LogP contribution in [0, 0.1) is 0 Å². The van der Waals surface area contributed by atoms with Crippen LogP contribution in [-0.2, 0) is 4.43 Å². The van der Waals surface area contributed by atoms with Crippen LogP contribution in [0.15, 0.2) is 54.9 Å². The van der Waals surface area contributed by atoms with E-state index in [4.69, 9.17) is 9.84 Å². The lowest BCUT2D eigenvalue weighted by atomic mass is 10.1. The molecule has 0 saturated carbocycles. The van der Waals surface area contributed by atoms with Crippen molar-refractivity contribution in [2.24, 2.45) is 0 Å². The van der Waals surface area contributed by atoms with E-state index < -0.39 is 6.03 Å². The first-order valence-electron chi connectivity index (χ1n) is 10.8. The molecule has 2 aromatic heterocycles. The Bertz CT molecular complexity index is 1410. The number of urea groups is 1. The predicted molar refractivity (Wildman–Crippen MR) is 143 cm³/mol. The molecular formula is C24H20IN5O4S. The van der Waals surface area contributed by atoms with Crippen LogP contribution in [0.25, 0.3) is 10.2 Å². The first-order valence-corrected chi connectivity index (χ1v) is 13.1. The highest BCUT2D eigenvalue weighted by Gasteiger charge is 2.34. The number of para-hydroxylation sites is 1. The van der Waals surface area contributed by atoms with E-state index in [0.29, 0.717) is 55.4 Å². The van der Waals surface area contributed by atoms with Gasteiger partial charge in [-0.1, -0.05) is 40.8 Å². The number of hydrogen-bond donors (Lipinski definition) is 3. The number of carbonyl (C=O) groups is 2. The third kappa shape index (κ3) is 4.54. The van der Waals surface area contributed by atoms with E-state index in [1.807, 2.05) is 48.5 Å². The molecule has 1 aliphatic heterocycles. The van der Waals surface area contributed by atoms with E-state index in [-0.39, 0.29) is 12.5 Å². The fourth-order valence-corrected chi connectivity index (χ4v) is 5.36. The minimum absolute atomic E-state index is 0.0186. The van der Waals surface area contributed by atoms with Crippen LogP contribution in [0.4, 0.5) is 22.0 Å². The molecule has 178 valence electrons. The molecule has 3 heterocycles. The molecule has 3 N–H and O–H groups in total. The summed E-state index contributed by atoms with van der Waals surface area (Å²) < 4.78 is 6.72. The van der Waals surface area contributed by atoms with Crippen LogP contribution in [0.1, 0.15) is 21.7 Å². The maximum Gasteiger partial charge on any atom is 0.332 e. The van der Waals surface area contributed by atoms with Crippen molar-refractivity contribution in [3.05, 3.63) is 65.3 Å². The maximum absolute atomic E-state index is 13.3. The first kappa shape index (κ1) is 23.5. The lowest BCUT2D eigenvalue weighted by Gasteiger charge is -2.27. The summed E-state index contributed by atoms with van der Waals surface area (Å²) in [4.78, 5) is 37.1. The van der Waals surface area contributed by atoms with Crippen molar-refractivity contribution >= 4 is 73.3 Å². The van der Waals surface area contributed by atoms with Crippen molar-refractivity contribution in [3.63, 3.8) is 0 Å². The van der Waals surface area contributed by atoms with E-state index >= 15 is 0 Å². The van der Waals surface area contributed by atoms with Crippen molar-refractivity contribution in [1.82, 2.24) is 15.3 Å². The van der Waals surface area contributed by atoms with Crippen LogP contribution in [0.3, 0.4) is 0 Å². The number of rotatable bonds is 8. The molecule has 0 aliphatic carbocycles.